The molecule has 0 bridgehead atoms. The number of nitrogens with one attached hydrogen (secondary N) is 1. The van der Waals surface area contributed by atoms with E-state index in [2.05, 4.69) is 10.3 Å². The molecule has 0 unspecified atom stereocenters. The van der Waals surface area contributed by atoms with Crippen LogP contribution in [-0.2, 0) is 0 Å². The van der Waals surface area contributed by atoms with Gasteiger partial charge in [-0.05, 0) is 44.5 Å². The average molecular weight is 423 g/mol. The van der Waals surface area contributed by atoms with Crippen molar-refractivity contribution < 1.29 is 4.79 Å². The molecule has 0 saturated carbocycles. The number of carbonyl (C=O) groups is 1. The number of nitrogens with zero attached hydrogens (tertiary/aromatic N) is 2. The van der Waals surface area contributed by atoms with Crippen molar-refractivity contribution in [3.05, 3.63) is 40.4 Å². The summed E-state index contributed by atoms with van der Waals surface area (Å²) in [6.07, 6.45) is 2.11. The number of amides is 1. The van der Waals surface area contributed by atoms with Crippen molar-refractivity contribution in [1.82, 2.24) is 15.2 Å². The number of thiazole rings is 1. The Morgan fingerprint density at radius 1 is 1.28 bits per heavy atom. The lowest BCUT2D eigenvalue weighted by Gasteiger charge is -2.31. The van der Waals surface area contributed by atoms with Gasteiger partial charge in [0, 0.05) is 29.1 Å². The van der Waals surface area contributed by atoms with Crippen LogP contribution in [0.15, 0.2) is 29.6 Å². The standard InChI is InChI=1S/C17H20ClN3OS.2ClH/c1-19-10-12-6-8-21(9-7-12)17(22)15-11-23-16(20-15)13-2-4-14(18)5-3-13;;/h2-5,11-12,19H,6-10H2,1H3;2*1H. The molecule has 1 aliphatic rings. The van der Waals surface area contributed by atoms with E-state index in [-0.39, 0.29) is 30.7 Å². The second-order valence-corrected chi connectivity index (χ2v) is 7.13. The number of hydrogen-bond acceptors (Lipinski definition) is 4. The second-order valence-electron chi connectivity index (χ2n) is 5.84. The fourth-order valence-electron chi connectivity index (χ4n) is 2.89. The Morgan fingerprint density at radius 2 is 1.92 bits per heavy atom. The van der Waals surface area contributed by atoms with Crippen LogP contribution < -0.4 is 5.32 Å². The van der Waals surface area contributed by atoms with Crippen LogP contribution >= 0.6 is 47.8 Å². The fraction of sp³-hybridized carbons (Fsp3) is 0.412. The molecule has 0 radical (unpaired) electrons. The summed E-state index contributed by atoms with van der Waals surface area (Å²) in [5.41, 5.74) is 1.54. The largest absolute Gasteiger partial charge is 0.337 e. The van der Waals surface area contributed by atoms with Gasteiger partial charge in [-0.15, -0.1) is 36.2 Å². The summed E-state index contributed by atoms with van der Waals surface area (Å²) in [5.74, 6) is 0.716. The second kappa shape index (κ2) is 10.3. The zero-order valence-corrected chi connectivity index (χ0v) is 17.1. The van der Waals surface area contributed by atoms with E-state index in [1.165, 1.54) is 11.3 Å². The Kier molecular flexibility index (Phi) is 9.17. The van der Waals surface area contributed by atoms with Crippen LogP contribution in [0.2, 0.25) is 5.02 Å². The minimum Gasteiger partial charge on any atom is -0.337 e. The molecule has 1 aromatic heterocycles. The summed E-state index contributed by atoms with van der Waals surface area (Å²) in [7, 11) is 1.98. The van der Waals surface area contributed by atoms with E-state index in [1.807, 2.05) is 41.6 Å². The van der Waals surface area contributed by atoms with E-state index in [0.717, 1.165) is 43.0 Å². The Bertz CT molecular complexity index is 670. The number of aromatic nitrogens is 1. The molecule has 2 aromatic rings. The molecular weight excluding hydrogens is 401 g/mol. The third-order valence-corrected chi connectivity index (χ3v) is 5.35. The molecule has 4 nitrogen and oxygen atoms in total. The predicted octanol–water partition coefficient (Wildman–Crippen LogP) is 4.38. The third kappa shape index (κ3) is 5.56. The van der Waals surface area contributed by atoms with Gasteiger partial charge in [-0.25, -0.2) is 4.98 Å². The average Bonchev–Trinajstić information content (AvgIpc) is 3.06. The lowest BCUT2D eigenvalue weighted by Crippen LogP contribution is -2.40. The van der Waals surface area contributed by atoms with Gasteiger partial charge in [-0.2, -0.15) is 0 Å². The summed E-state index contributed by atoms with van der Waals surface area (Å²) in [6, 6.07) is 7.54. The summed E-state index contributed by atoms with van der Waals surface area (Å²) in [4.78, 5) is 19.0. The number of carbonyl (C=O) groups excluding carboxylic acids is 1. The fourth-order valence-corrected chi connectivity index (χ4v) is 3.81. The smallest absolute Gasteiger partial charge is 0.273 e. The van der Waals surface area contributed by atoms with Gasteiger partial charge >= 0.3 is 0 Å². The van der Waals surface area contributed by atoms with Crippen LogP contribution in [0.1, 0.15) is 23.3 Å². The molecule has 0 spiro atoms. The van der Waals surface area contributed by atoms with Crippen molar-refractivity contribution in [2.24, 2.45) is 5.92 Å². The number of hydrogen-bond donors (Lipinski definition) is 1. The predicted molar refractivity (Wildman–Crippen MR) is 110 cm³/mol. The zero-order chi connectivity index (χ0) is 16.2. The number of likely N-dealkylation sites (tertiary alicyclic amines) is 1. The maximum atomic E-state index is 12.6. The van der Waals surface area contributed by atoms with Gasteiger partial charge in [0.1, 0.15) is 10.7 Å². The Balaban J connectivity index is 0.00000156. The topological polar surface area (TPSA) is 45.2 Å². The van der Waals surface area contributed by atoms with Gasteiger partial charge in [0.25, 0.3) is 5.91 Å². The van der Waals surface area contributed by atoms with Crippen LogP contribution in [0.5, 0.6) is 0 Å². The quantitative estimate of drug-likeness (QED) is 0.795. The highest BCUT2D eigenvalue weighted by atomic mass is 35.5. The van der Waals surface area contributed by atoms with Gasteiger partial charge in [0.15, 0.2) is 0 Å². The minimum absolute atomic E-state index is 0. The minimum atomic E-state index is 0. The van der Waals surface area contributed by atoms with Crippen LogP contribution in [0, 0.1) is 5.92 Å². The van der Waals surface area contributed by atoms with Gasteiger partial charge in [-0.3, -0.25) is 4.79 Å². The van der Waals surface area contributed by atoms with E-state index in [9.17, 15) is 4.79 Å². The molecule has 2 heterocycles. The molecule has 1 fully saturated rings. The van der Waals surface area contributed by atoms with Crippen LogP contribution in [-0.4, -0.2) is 42.5 Å². The maximum Gasteiger partial charge on any atom is 0.273 e. The molecule has 1 N–H and O–H groups in total. The summed E-state index contributed by atoms with van der Waals surface area (Å²) >= 11 is 7.41. The first-order valence-electron chi connectivity index (χ1n) is 7.82. The van der Waals surface area contributed by atoms with Crippen molar-refractivity contribution in [1.29, 1.82) is 0 Å². The molecule has 1 aromatic carbocycles. The van der Waals surface area contributed by atoms with Crippen molar-refractivity contribution in [2.45, 2.75) is 12.8 Å². The molecule has 0 atom stereocenters. The zero-order valence-electron chi connectivity index (χ0n) is 13.9. The van der Waals surface area contributed by atoms with Crippen molar-refractivity contribution in [2.75, 3.05) is 26.7 Å². The van der Waals surface area contributed by atoms with Crippen LogP contribution in [0.25, 0.3) is 10.6 Å². The lowest BCUT2D eigenvalue weighted by molar-refractivity contribution is 0.0686. The molecule has 1 saturated heterocycles. The van der Waals surface area contributed by atoms with Crippen molar-refractivity contribution in [3.63, 3.8) is 0 Å². The first-order valence-corrected chi connectivity index (χ1v) is 9.08. The molecule has 1 amide bonds. The third-order valence-electron chi connectivity index (χ3n) is 4.21. The van der Waals surface area contributed by atoms with Crippen LogP contribution in [0.3, 0.4) is 0 Å². The normalized spacial score (nSPS) is 14.6. The lowest BCUT2D eigenvalue weighted by atomic mass is 9.97. The highest BCUT2D eigenvalue weighted by Gasteiger charge is 2.24. The molecule has 8 heteroatoms. The molecule has 3 rings (SSSR count). The van der Waals surface area contributed by atoms with Crippen molar-refractivity contribution >= 4 is 53.7 Å². The van der Waals surface area contributed by atoms with E-state index in [4.69, 9.17) is 11.6 Å². The molecular formula is C17H22Cl3N3OS. The summed E-state index contributed by atoms with van der Waals surface area (Å²) < 4.78 is 0. The van der Waals surface area contributed by atoms with Gasteiger partial charge in [-0.1, -0.05) is 23.7 Å². The van der Waals surface area contributed by atoms with Gasteiger partial charge < -0.3 is 10.2 Å². The monoisotopic (exact) mass is 421 g/mol. The molecule has 0 aliphatic carbocycles. The highest BCUT2D eigenvalue weighted by molar-refractivity contribution is 7.13. The highest BCUT2D eigenvalue weighted by Crippen LogP contribution is 2.26. The SMILES string of the molecule is CNCC1CCN(C(=O)c2csc(-c3ccc(Cl)cc3)n2)CC1.Cl.Cl. The molecule has 25 heavy (non-hydrogen) atoms. The maximum absolute atomic E-state index is 12.6. The number of halogens is 3. The number of rotatable bonds is 4. The van der Waals surface area contributed by atoms with Crippen molar-refractivity contribution in [3.8, 4) is 10.6 Å². The summed E-state index contributed by atoms with van der Waals surface area (Å²) in [5, 5.41) is 6.62. The van der Waals surface area contributed by atoms with Gasteiger partial charge in [0.2, 0.25) is 0 Å². The number of piperidine rings is 1. The Labute approximate surface area is 169 Å². The van der Waals surface area contributed by atoms with Crippen LogP contribution in [0.4, 0.5) is 0 Å². The molecule has 138 valence electrons. The number of benzene rings is 1. The summed E-state index contributed by atoms with van der Waals surface area (Å²) in [6.45, 7) is 2.66. The van der Waals surface area contributed by atoms with E-state index in [1.54, 1.807) is 0 Å². The Hall–Kier alpha value is -0.850. The van der Waals surface area contributed by atoms with E-state index in [0.29, 0.717) is 16.6 Å². The Morgan fingerprint density at radius 3 is 2.52 bits per heavy atom. The van der Waals surface area contributed by atoms with E-state index < -0.39 is 0 Å². The first-order chi connectivity index (χ1) is 11.2. The van der Waals surface area contributed by atoms with Gasteiger partial charge in [0.05, 0.1) is 0 Å². The molecule has 1 aliphatic heterocycles. The van der Waals surface area contributed by atoms with E-state index >= 15 is 0 Å². The first kappa shape index (κ1) is 22.2.